The first-order valence-electron chi connectivity index (χ1n) is 9.28. The summed E-state index contributed by atoms with van der Waals surface area (Å²) in [7, 11) is 1.70. The van der Waals surface area contributed by atoms with Gasteiger partial charge in [-0.05, 0) is 30.7 Å². The third-order valence-electron chi connectivity index (χ3n) is 5.03. The van der Waals surface area contributed by atoms with Crippen LogP contribution in [-0.2, 0) is 11.8 Å². The summed E-state index contributed by atoms with van der Waals surface area (Å²) in [5.74, 6) is -1.04. The molecule has 2 aromatic carbocycles. The van der Waals surface area contributed by atoms with Gasteiger partial charge in [-0.2, -0.15) is 0 Å². The third kappa shape index (κ3) is 3.51. The normalized spacial score (nSPS) is 15.1. The van der Waals surface area contributed by atoms with Crippen molar-refractivity contribution in [2.24, 2.45) is 7.05 Å². The Hall–Kier alpha value is -3.70. The number of thiocarbonyl (C=S) groups is 1. The van der Waals surface area contributed by atoms with Crippen LogP contribution in [0.4, 0.5) is 11.4 Å². The minimum Gasteiger partial charge on any atom is -0.872 e. The number of rotatable bonds is 4. The average Bonchev–Trinajstić information content (AvgIpc) is 3.15. The first-order chi connectivity index (χ1) is 15.2. The third-order valence-corrected chi connectivity index (χ3v) is 6.33. The number of non-ortho nitro benzene ring substituents is 1. The number of nitro groups is 1. The summed E-state index contributed by atoms with van der Waals surface area (Å²) < 4.78 is 3.19. The van der Waals surface area contributed by atoms with E-state index in [1.807, 2.05) is 6.07 Å². The number of hydrogen-bond donors (Lipinski definition) is 0. The predicted molar refractivity (Wildman–Crippen MR) is 124 cm³/mol. The van der Waals surface area contributed by atoms with Gasteiger partial charge in [0.15, 0.2) is 4.32 Å². The molecular formula is C21H15N4O5S2-. The molecular weight excluding hydrogens is 452 g/mol. The highest BCUT2D eigenvalue weighted by Gasteiger charge is 2.37. The van der Waals surface area contributed by atoms with Crippen LogP contribution in [0.2, 0.25) is 0 Å². The quantitative estimate of drug-likeness (QED) is 0.251. The zero-order valence-corrected chi connectivity index (χ0v) is 18.5. The van der Waals surface area contributed by atoms with Crippen LogP contribution in [0.3, 0.4) is 0 Å². The molecule has 0 saturated carbocycles. The lowest BCUT2D eigenvalue weighted by Gasteiger charge is -2.12. The van der Waals surface area contributed by atoms with E-state index in [0.717, 1.165) is 34.9 Å². The van der Waals surface area contributed by atoms with Crippen LogP contribution in [-0.4, -0.2) is 24.5 Å². The van der Waals surface area contributed by atoms with Gasteiger partial charge in [0, 0.05) is 19.2 Å². The second kappa shape index (κ2) is 8.09. The fraction of sp³-hybridized carbons (Fsp3) is 0.0952. The van der Waals surface area contributed by atoms with E-state index in [-0.39, 0.29) is 26.2 Å². The SMILES string of the molecule is Cc1c(N2C(=O)/C(=C\c3cc([N+](=O)[O-])ccc3[O-])SC2=S)c(=O)n(-c2ccccc2)n1C. The second-order valence-electron chi connectivity index (χ2n) is 6.91. The number of aromatic nitrogens is 2. The molecule has 3 aromatic rings. The summed E-state index contributed by atoms with van der Waals surface area (Å²) >= 11 is 6.29. The van der Waals surface area contributed by atoms with Gasteiger partial charge in [0.1, 0.15) is 5.69 Å². The number of para-hydroxylation sites is 1. The van der Waals surface area contributed by atoms with Gasteiger partial charge in [-0.15, -0.1) is 5.75 Å². The predicted octanol–water partition coefficient (Wildman–Crippen LogP) is 2.87. The van der Waals surface area contributed by atoms with Crippen LogP contribution in [0.25, 0.3) is 11.8 Å². The lowest BCUT2D eigenvalue weighted by molar-refractivity contribution is -0.385. The van der Waals surface area contributed by atoms with Crippen LogP contribution < -0.4 is 15.6 Å². The van der Waals surface area contributed by atoms with E-state index in [1.165, 1.54) is 10.8 Å². The topological polar surface area (TPSA) is 113 Å². The van der Waals surface area contributed by atoms with Crippen molar-refractivity contribution in [2.75, 3.05) is 4.90 Å². The van der Waals surface area contributed by atoms with E-state index in [1.54, 1.807) is 42.9 Å². The van der Waals surface area contributed by atoms with E-state index in [2.05, 4.69) is 0 Å². The van der Waals surface area contributed by atoms with Crippen LogP contribution >= 0.6 is 24.0 Å². The molecule has 1 aliphatic heterocycles. The molecule has 9 nitrogen and oxygen atoms in total. The van der Waals surface area contributed by atoms with Gasteiger partial charge >= 0.3 is 0 Å². The van der Waals surface area contributed by atoms with E-state index >= 15 is 0 Å². The average molecular weight is 468 g/mol. The number of benzene rings is 2. The maximum absolute atomic E-state index is 13.3. The van der Waals surface area contributed by atoms with Gasteiger partial charge < -0.3 is 5.11 Å². The first kappa shape index (κ1) is 21.5. The Bertz CT molecular complexity index is 1370. The Balaban J connectivity index is 1.79. The zero-order valence-electron chi connectivity index (χ0n) is 16.8. The molecule has 1 aromatic heterocycles. The van der Waals surface area contributed by atoms with Crippen molar-refractivity contribution in [2.45, 2.75) is 6.92 Å². The molecule has 0 spiro atoms. The largest absolute Gasteiger partial charge is 0.872 e. The molecule has 4 rings (SSSR count). The number of carbonyl (C=O) groups is 1. The van der Waals surface area contributed by atoms with Gasteiger partial charge in [-0.25, -0.2) is 4.68 Å². The standard InChI is InChI=1S/C21H16N4O5S2/c1-12-18(20(28)24(22(12)2)14-6-4-3-5-7-14)23-19(27)17(32-21(23)31)11-13-10-15(25(29)30)8-9-16(13)26/h3-11,26H,1-2H3/p-1/b17-11+. The van der Waals surface area contributed by atoms with Crippen molar-refractivity contribution >= 4 is 51.7 Å². The Morgan fingerprint density at radius 2 is 1.81 bits per heavy atom. The Morgan fingerprint density at radius 1 is 1.12 bits per heavy atom. The maximum atomic E-state index is 13.3. The summed E-state index contributed by atoms with van der Waals surface area (Å²) in [6.07, 6.45) is 1.27. The molecule has 0 aliphatic carbocycles. The maximum Gasteiger partial charge on any atom is 0.296 e. The lowest BCUT2D eigenvalue weighted by Crippen LogP contribution is -2.33. The first-order valence-corrected chi connectivity index (χ1v) is 10.5. The van der Waals surface area contributed by atoms with Gasteiger partial charge in [0.25, 0.3) is 17.2 Å². The highest BCUT2D eigenvalue weighted by molar-refractivity contribution is 8.27. The Morgan fingerprint density at radius 3 is 2.47 bits per heavy atom. The number of amides is 1. The smallest absolute Gasteiger partial charge is 0.296 e. The molecule has 0 unspecified atom stereocenters. The summed E-state index contributed by atoms with van der Waals surface area (Å²) in [6, 6.07) is 12.2. The molecule has 0 N–H and O–H groups in total. The van der Waals surface area contributed by atoms with Crippen LogP contribution in [0.5, 0.6) is 5.75 Å². The molecule has 1 aliphatic rings. The van der Waals surface area contributed by atoms with Crippen LogP contribution in [0, 0.1) is 17.0 Å². The van der Waals surface area contributed by atoms with E-state index < -0.39 is 22.1 Å². The van der Waals surface area contributed by atoms with Gasteiger partial charge in [0.2, 0.25) is 0 Å². The molecule has 1 amide bonds. The van der Waals surface area contributed by atoms with Gasteiger partial charge in [-0.3, -0.25) is 29.3 Å². The number of nitrogens with zero attached hydrogens (tertiary/aromatic N) is 4. The van der Waals surface area contributed by atoms with Gasteiger partial charge in [-0.1, -0.05) is 48.2 Å². The van der Waals surface area contributed by atoms with E-state index in [9.17, 15) is 24.8 Å². The van der Waals surface area contributed by atoms with Crippen molar-refractivity contribution < 1.29 is 14.8 Å². The summed E-state index contributed by atoms with van der Waals surface area (Å²) in [5.41, 5.74) is 0.568. The number of thioether (sulfide) groups is 1. The highest BCUT2D eigenvalue weighted by atomic mass is 32.2. The summed E-state index contributed by atoms with van der Waals surface area (Å²) in [5, 5.41) is 23.2. The fourth-order valence-electron chi connectivity index (χ4n) is 3.38. The molecule has 0 radical (unpaired) electrons. The summed E-state index contributed by atoms with van der Waals surface area (Å²) in [4.78, 5) is 38.1. The fourth-order valence-corrected chi connectivity index (χ4v) is 4.64. The molecule has 1 saturated heterocycles. The minimum absolute atomic E-state index is 0.00817. The molecule has 1 fully saturated rings. The Labute approximate surface area is 191 Å². The lowest BCUT2D eigenvalue weighted by atomic mass is 10.1. The number of hydrogen-bond acceptors (Lipinski definition) is 7. The number of anilines is 1. The molecule has 2 heterocycles. The van der Waals surface area contributed by atoms with Crippen LogP contribution in [0.15, 0.2) is 58.2 Å². The molecule has 162 valence electrons. The van der Waals surface area contributed by atoms with Crippen molar-refractivity contribution in [1.82, 2.24) is 9.36 Å². The molecule has 0 atom stereocenters. The second-order valence-corrected chi connectivity index (χ2v) is 8.58. The summed E-state index contributed by atoms with van der Waals surface area (Å²) in [6.45, 7) is 1.70. The molecule has 32 heavy (non-hydrogen) atoms. The van der Waals surface area contributed by atoms with Crippen molar-refractivity contribution in [1.29, 1.82) is 0 Å². The van der Waals surface area contributed by atoms with Crippen molar-refractivity contribution in [3.8, 4) is 11.4 Å². The molecule has 0 bridgehead atoms. The number of nitro benzene ring substituents is 1. The van der Waals surface area contributed by atoms with Gasteiger partial charge in [0.05, 0.1) is 21.2 Å². The molecule has 11 heteroatoms. The van der Waals surface area contributed by atoms with Crippen molar-refractivity contribution in [3.05, 3.63) is 85.2 Å². The minimum atomic E-state index is -0.624. The highest BCUT2D eigenvalue weighted by Crippen LogP contribution is 2.37. The monoisotopic (exact) mass is 467 g/mol. The van der Waals surface area contributed by atoms with E-state index in [4.69, 9.17) is 12.2 Å². The Kier molecular flexibility index (Phi) is 5.45. The van der Waals surface area contributed by atoms with E-state index in [0.29, 0.717) is 11.4 Å². The van der Waals surface area contributed by atoms with Crippen LogP contribution in [0.1, 0.15) is 11.3 Å². The zero-order chi connectivity index (χ0) is 23.2. The number of carbonyl (C=O) groups excluding carboxylic acids is 1. The van der Waals surface area contributed by atoms with Crippen molar-refractivity contribution in [3.63, 3.8) is 0 Å².